The van der Waals surface area contributed by atoms with Gasteiger partial charge in [0.2, 0.25) is 0 Å². The largest absolute Gasteiger partial charge is 0.374 e. The molecule has 0 spiro atoms. The van der Waals surface area contributed by atoms with Gasteiger partial charge in [-0.2, -0.15) is 5.10 Å². The maximum atomic E-state index is 5.87. The van der Waals surface area contributed by atoms with Crippen molar-refractivity contribution in [1.82, 2.24) is 20.1 Å². The van der Waals surface area contributed by atoms with Crippen LogP contribution in [0.15, 0.2) is 6.07 Å². The maximum absolute atomic E-state index is 5.87. The number of morpholine rings is 1. The first-order chi connectivity index (χ1) is 9.67. The van der Waals surface area contributed by atoms with Gasteiger partial charge < -0.3 is 9.64 Å². The first-order valence-electron chi connectivity index (χ1n) is 7.49. The molecule has 2 heterocycles. The Labute approximate surface area is 121 Å². The molecule has 2 rings (SSSR count). The number of nitrogens with one attached hydrogen (secondary N) is 1. The third-order valence-electron chi connectivity index (χ3n) is 3.96. The third-order valence-corrected chi connectivity index (χ3v) is 3.96. The lowest BCUT2D eigenvalue weighted by molar-refractivity contribution is -0.0387. The summed E-state index contributed by atoms with van der Waals surface area (Å²) < 4.78 is 7.93. The molecule has 2 atom stereocenters. The molecule has 2 unspecified atom stereocenters. The summed E-state index contributed by atoms with van der Waals surface area (Å²) in [5, 5.41) is 4.59. The Balaban J connectivity index is 2.07. The fourth-order valence-electron chi connectivity index (χ4n) is 2.70. The smallest absolute Gasteiger partial charge is 0.0872 e. The van der Waals surface area contributed by atoms with Gasteiger partial charge in [0.25, 0.3) is 0 Å². The van der Waals surface area contributed by atoms with E-state index >= 15 is 0 Å². The molecule has 0 amide bonds. The summed E-state index contributed by atoms with van der Waals surface area (Å²) in [5.74, 6) is 5.75. The summed E-state index contributed by atoms with van der Waals surface area (Å²) in [7, 11) is 2.12. The van der Waals surface area contributed by atoms with Gasteiger partial charge in [-0.25, -0.2) is 0 Å². The van der Waals surface area contributed by atoms with Crippen molar-refractivity contribution in [1.29, 1.82) is 0 Å². The molecule has 6 heteroatoms. The minimum absolute atomic E-state index is 0.115. The van der Waals surface area contributed by atoms with Crippen molar-refractivity contribution >= 4 is 0 Å². The van der Waals surface area contributed by atoms with E-state index in [1.807, 2.05) is 0 Å². The van der Waals surface area contributed by atoms with Crippen LogP contribution < -0.4 is 11.3 Å². The zero-order valence-electron chi connectivity index (χ0n) is 12.8. The Morgan fingerprint density at radius 1 is 1.55 bits per heavy atom. The van der Waals surface area contributed by atoms with E-state index in [9.17, 15) is 0 Å². The number of likely N-dealkylation sites (N-methyl/N-ethyl adjacent to an activating group) is 1. The van der Waals surface area contributed by atoms with E-state index in [2.05, 4.69) is 47.1 Å². The van der Waals surface area contributed by atoms with E-state index in [-0.39, 0.29) is 12.1 Å². The van der Waals surface area contributed by atoms with Crippen molar-refractivity contribution in [2.75, 3.05) is 26.7 Å². The predicted octanol–water partition coefficient (Wildman–Crippen LogP) is 0.170. The SMILES string of the molecule is CCc1cc(CC(NN)C2CN(C)CCO2)n(CC)n1. The zero-order chi connectivity index (χ0) is 14.5. The fraction of sp³-hybridized carbons (Fsp3) is 0.786. The van der Waals surface area contributed by atoms with E-state index < -0.39 is 0 Å². The van der Waals surface area contributed by atoms with Gasteiger partial charge in [-0.3, -0.25) is 16.0 Å². The van der Waals surface area contributed by atoms with Crippen molar-refractivity contribution in [2.24, 2.45) is 5.84 Å². The van der Waals surface area contributed by atoms with Gasteiger partial charge in [-0.1, -0.05) is 6.92 Å². The molecule has 0 bridgehead atoms. The highest BCUT2D eigenvalue weighted by Crippen LogP contribution is 2.14. The topological polar surface area (TPSA) is 68.3 Å². The molecule has 6 nitrogen and oxygen atoms in total. The van der Waals surface area contributed by atoms with Gasteiger partial charge in [0.1, 0.15) is 0 Å². The van der Waals surface area contributed by atoms with Crippen LogP contribution in [0, 0.1) is 0 Å². The number of hydrogen-bond acceptors (Lipinski definition) is 5. The van der Waals surface area contributed by atoms with Gasteiger partial charge in [0.15, 0.2) is 0 Å². The highest BCUT2D eigenvalue weighted by molar-refractivity contribution is 5.12. The zero-order valence-corrected chi connectivity index (χ0v) is 12.8. The van der Waals surface area contributed by atoms with E-state index in [0.717, 1.165) is 44.8 Å². The Hall–Kier alpha value is -0.950. The van der Waals surface area contributed by atoms with Crippen LogP contribution in [0.25, 0.3) is 0 Å². The standard InChI is InChI=1S/C14H27N5O/c1-4-11-8-12(19(5-2)17-11)9-13(16-15)14-10-18(3)6-7-20-14/h8,13-14,16H,4-7,9-10,15H2,1-3H3. The highest BCUT2D eigenvalue weighted by atomic mass is 16.5. The first kappa shape index (κ1) is 15.4. The van der Waals surface area contributed by atoms with Crippen LogP contribution in [0.2, 0.25) is 0 Å². The normalized spacial score (nSPS) is 22.1. The van der Waals surface area contributed by atoms with Crippen LogP contribution >= 0.6 is 0 Å². The predicted molar refractivity (Wildman–Crippen MR) is 79.3 cm³/mol. The average Bonchev–Trinajstić information content (AvgIpc) is 2.87. The maximum Gasteiger partial charge on any atom is 0.0872 e. The quantitative estimate of drug-likeness (QED) is 0.575. The average molecular weight is 281 g/mol. The number of hydrazine groups is 1. The van der Waals surface area contributed by atoms with E-state index in [0.29, 0.717) is 0 Å². The van der Waals surface area contributed by atoms with E-state index in [1.54, 1.807) is 0 Å². The van der Waals surface area contributed by atoms with Crippen LogP contribution in [-0.4, -0.2) is 53.6 Å². The number of hydrogen-bond donors (Lipinski definition) is 2. The van der Waals surface area contributed by atoms with Crippen LogP contribution in [0.4, 0.5) is 0 Å². The minimum Gasteiger partial charge on any atom is -0.374 e. The number of aromatic nitrogens is 2. The van der Waals surface area contributed by atoms with Crippen LogP contribution in [0.5, 0.6) is 0 Å². The van der Waals surface area contributed by atoms with Crippen LogP contribution in [0.1, 0.15) is 25.2 Å². The minimum atomic E-state index is 0.115. The number of aryl methyl sites for hydroxylation is 2. The Bertz CT molecular complexity index is 420. The number of nitrogens with two attached hydrogens (primary N) is 1. The number of nitrogens with zero attached hydrogens (tertiary/aromatic N) is 3. The van der Waals surface area contributed by atoms with Crippen molar-refractivity contribution < 1.29 is 4.74 Å². The van der Waals surface area contributed by atoms with Gasteiger partial charge >= 0.3 is 0 Å². The molecule has 1 aromatic rings. The molecule has 0 aliphatic carbocycles. The molecule has 3 N–H and O–H groups in total. The molecular formula is C14H27N5O. The van der Waals surface area contributed by atoms with Gasteiger partial charge in [-0.15, -0.1) is 0 Å². The molecule has 1 saturated heterocycles. The molecule has 1 fully saturated rings. The first-order valence-corrected chi connectivity index (χ1v) is 7.49. The lowest BCUT2D eigenvalue weighted by atomic mass is 10.0. The fourth-order valence-corrected chi connectivity index (χ4v) is 2.70. The van der Waals surface area contributed by atoms with Crippen LogP contribution in [0.3, 0.4) is 0 Å². The number of ether oxygens (including phenoxy) is 1. The molecule has 0 aromatic carbocycles. The molecule has 1 aromatic heterocycles. The molecular weight excluding hydrogens is 254 g/mol. The Morgan fingerprint density at radius 2 is 2.35 bits per heavy atom. The summed E-state index contributed by atoms with van der Waals surface area (Å²) in [6.07, 6.45) is 1.93. The summed E-state index contributed by atoms with van der Waals surface area (Å²) in [6.45, 7) is 7.80. The summed E-state index contributed by atoms with van der Waals surface area (Å²) in [5.41, 5.74) is 5.29. The van der Waals surface area contributed by atoms with Crippen molar-refractivity contribution in [3.63, 3.8) is 0 Å². The highest BCUT2D eigenvalue weighted by Gasteiger charge is 2.27. The summed E-state index contributed by atoms with van der Waals surface area (Å²) >= 11 is 0. The van der Waals surface area contributed by atoms with Gasteiger partial charge in [0, 0.05) is 31.7 Å². The molecule has 114 valence electrons. The second-order valence-corrected chi connectivity index (χ2v) is 5.45. The Morgan fingerprint density at radius 3 is 2.95 bits per heavy atom. The lowest BCUT2D eigenvalue weighted by Gasteiger charge is -2.34. The second kappa shape index (κ2) is 7.17. The van der Waals surface area contributed by atoms with Crippen molar-refractivity contribution in [3.05, 3.63) is 17.5 Å². The van der Waals surface area contributed by atoms with Crippen LogP contribution in [-0.2, 0) is 24.1 Å². The van der Waals surface area contributed by atoms with Gasteiger partial charge in [0.05, 0.1) is 24.4 Å². The number of rotatable bonds is 6. The summed E-state index contributed by atoms with van der Waals surface area (Å²) in [4.78, 5) is 2.28. The van der Waals surface area contributed by atoms with Crippen molar-refractivity contribution in [3.8, 4) is 0 Å². The van der Waals surface area contributed by atoms with E-state index in [4.69, 9.17) is 10.6 Å². The molecule has 20 heavy (non-hydrogen) atoms. The monoisotopic (exact) mass is 281 g/mol. The molecule has 1 aliphatic rings. The second-order valence-electron chi connectivity index (χ2n) is 5.45. The third kappa shape index (κ3) is 3.58. The molecule has 1 aliphatic heterocycles. The molecule has 0 saturated carbocycles. The summed E-state index contributed by atoms with van der Waals surface area (Å²) in [6, 6.07) is 2.30. The Kier molecular flexibility index (Phi) is 5.54. The van der Waals surface area contributed by atoms with E-state index in [1.165, 1.54) is 5.69 Å². The molecule has 0 radical (unpaired) electrons. The lowest BCUT2D eigenvalue weighted by Crippen LogP contribution is -2.54. The van der Waals surface area contributed by atoms with Gasteiger partial charge in [-0.05, 0) is 26.5 Å². The van der Waals surface area contributed by atoms with Crippen molar-refractivity contribution in [2.45, 2.75) is 45.4 Å².